The number of hydrogen-bond donors (Lipinski definition) is 1. The fourth-order valence-electron chi connectivity index (χ4n) is 1.40. The van der Waals surface area contributed by atoms with E-state index >= 15 is 0 Å². The number of rotatable bonds is 5. The number of benzene rings is 1. The predicted molar refractivity (Wildman–Crippen MR) is 84.5 cm³/mol. The minimum atomic E-state index is -6.40. The van der Waals surface area contributed by atoms with Gasteiger partial charge in [0.25, 0.3) is 5.91 Å². The van der Waals surface area contributed by atoms with Crippen LogP contribution in [0.3, 0.4) is 0 Å². The van der Waals surface area contributed by atoms with E-state index in [0.717, 1.165) is 22.6 Å². The van der Waals surface area contributed by atoms with E-state index in [4.69, 9.17) is 0 Å². The van der Waals surface area contributed by atoms with Crippen LogP contribution in [-0.2, 0) is 0 Å². The lowest BCUT2D eigenvalue weighted by atomic mass is 10.1. The average Bonchev–Trinajstić information content (AvgIpc) is 2.43. The summed E-state index contributed by atoms with van der Waals surface area (Å²) < 4.78 is 88.0. The molecule has 0 radical (unpaired) electrons. The first-order chi connectivity index (χ1) is 10.8. The van der Waals surface area contributed by atoms with Gasteiger partial charge in [-0.3, -0.25) is 4.79 Å². The first-order valence-electron chi connectivity index (χ1n) is 6.01. The second kappa shape index (κ2) is 7.58. The summed E-state index contributed by atoms with van der Waals surface area (Å²) in [7, 11) is 0. The highest BCUT2D eigenvalue weighted by Gasteiger charge is 2.72. The zero-order valence-electron chi connectivity index (χ0n) is 11.4. The van der Waals surface area contributed by atoms with Crippen LogP contribution < -0.4 is 5.32 Å². The monoisotopic (exact) mass is 533 g/mol. The van der Waals surface area contributed by atoms with Gasteiger partial charge >= 0.3 is 18.0 Å². The Balaban J connectivity index is 2.79. The van der Waals surface area contributed by atoms with Crippen molar-refractivity contribution < 1.29 is 35.5 Å². The fraction of sp³-hybridized carbons (Fsp3) is 0.308. The highest BCUT2D eigenvalue weighted by molar-refractivity contribution is 14.1. The van der Waals surface area contributed by atoms with Crippen LogP contribution in [0.5, 0.6) is 0 Å². The summed E-state index contributed by atoms with van der Waals surface area (Å²) in [5.74, 6) is -12.4. The molecule has 1 rings (SSSR count). The molecule has 2 nitrogen and oxygen atoms in total. The van der Waals surface area contributed by atoms with Gasteiger partial charge in [-0.05, 0) is 46.9 Å². The fourth-order valence-corrected chi connectivity index (χ4v) is 2.24. The second-order valence-electron chi connectivity index (χ2n) is 4.48. The van der Waals surface area contributed by atoms with Gasteiger partial charge in [-0.15, -0.1) is 0 Å². The molecule has 24 heavy (non-hydrogen) atoms. The summed E-state index contributed by atoms with van der Waals surface area (Å²) in [6, 6.07) is 5.88. The SMILES string of the molecule is O=C(NCC(I)=CC(F)(F)C(F)(F)C(F)(F)F)c1ccc(Br)cc1. The summed E-state index contributed by atoms with van der Waals surface area (Å²) in [5.41, 5.74) is 0.162. The van der Waals surface area contributed by atoms with Gasteiger partial charge in [-0.2, -0.15) is 30.7 Å². The first-order valence-corrected chi connectivity index (χ1v) is 7.88. The molecule has 0 aliphatic rings. The van der Waals surface area contributed by atoms with Crippen LogP contribution in [0.2, 0.25) is 0 Å². The quantitative estimate of drug-likeness (QED) is 0.402. The second-order valence-corrected chi connectivity index (χ2v) is 6.78. The number of carbonyl (C=O) groups is 1. The Bertz CT molecular complexity index is 628. The molecule has 11 heteroatoms. The van der Waals surface area contributed by atoms with Crippen molar-refractivity contribution in [3.63, 3.8) is 0 Å². The molecule has 1 aromatic rings. The smallest absolute Gasteiger partial charge is 0.348 e. The van der Waals surface area contributed by atoms with Crippen LogP contribution >= 0.6 is 38.5 Å². The minimum Gasteiger partial charge on any atom is -0.348 e. The molecule has 134 valence electrons. The molecule has 1 N–H and O–H groups in total. The van der Waals surface area contributed by atoms with Crippen molar-refractivity contribution in [3.05, 3.63) is 44.0 Å². The molecular weight excluding hydrogens is 526 g/mol. The Kier molecular flexibility index (Phi) is 6.70. The van der Waals surface area contributed by atoms with E-state index in [9.17, 15) is 35.5 Å². The lowest BCUT2D eigenvalue weighted by molar-refractivity contribution is -0.341. The molecule has 0 unspecified atom stereocenters. The third-order valence-electron chi connectivity index (χ3n) is 2.64. The van der Waals surface area contributed by atoms with Crippen LogP contribution in [0.15, 0.2) is 38.4 Å². The number of allylic oxidation sites excluding steroid dienone is 1. The summed E-state index contributed by atoms with van der Waals surface area (Å²) in [6.45, 7) is -0.626. The van der Waals surface area contributed by atoms with Crippen molar-refractivity contribution in [2.75, 3.05) is 6.54 Å². The molecule has 0 fully saturated rings. The van der Waals surface area contributed by atoms with Crippen LogP contribution in [-0.4, -0.2) is 30.5 Å². The molecule has 0 aromatic heterocycles. The van der Waals surface area contributed by atoms with E-state index in [1.54, 1.807) is 0 Å². The zero-order chi connectivity index (χ0) is 18.8. The Morgan fingerprint density at radius 1 is 1.08 bits per heavy atom. The van der Waals surface area contributed by atoms with Gasteiger partial charge in [0, 0.05) is 26.2 Å². The largest absolute Gasteiger partial charge is 0.460 e. The summed E-state index contributed by atoms with van der Waals surface area (Å²) in [4.78, 5) is 11.7. The van der Waals surface area contributed by atoms with Crippen LogP contribution in [0.4, 0.5) is 30.7 Å². The van der Waals surface area contributed by atoms with Crippen LogP contribution in [0, 0.1) is 0 Å². The third-order valence-corrected chi connectivity index (χ3v) is 3.86. The number of alkyl halides is 7. The van der Waals surface area contributed by atoms with Crippen LogP contribution in [0.1, 0.15) is 10.4 Å². The van der Waals surface area contributed by atoms with Gasteiger partial charge < -0.3 is 5.32 Å². The maximum Gasteiger partial charge on any atom is 0.460 e. The zero-order valence-corrected chi connectivity index (χ0v) is 15.1. The lowest BCUT2D eigenvalue weighted by Gasteiger charge is -2.26. The molecule has 0 atom stereocenters. The summed E-state index contributed by atoms with van der Waals surface area (Å²) in [6.07, 6.45) is -6.91. The average molecular weight is 534 g/mol. The van der Waals surface area contributed by atoms with Gasteiger partial charge in [-0.25, -0.2) is 0 Å². The van der Waals surface area contributed by atoms with Crippen molar-refractivity contribution in [1.82, 2.24) is 5.32 Å². The van der Waals surface area contributed by atoms with Crippen molar-refractivity contribution in [2.24, 2.45) is 0 Å². The Morgan fingerprint density at radius 3 is 2.04 bits per heavy atom. The maximum absolute atomic E-state index is 13.2. The van der Waals surface area contributed by atoms with Crippen molar-refractivity contribution in [3.8, 4) is 0 Å². The highest BCUT2D eigenvalue weighted by Crippen LogP contribution is 2.47. The molecular formula is C13H8BrF7INO. The number of nitrogens with one attached hydrogen (secondary N) is 1. The Labute approximate surface area is 153 Å². The Morgan fingerprint density at radius 2 is 1.58 bits per heavy atom. The van der Waals surface area contributed by atoms with Crippen molar-refractivity contribution in [2.45, 2.75) is 18.0 Å². The molecule has 0 aliphatic heterocycles. The Hall–Kier alpha value is -0.850. The van der Waals surface area contributed by atoms with Gasteiger partial charge in [-0.1, -0.05) is 15.9 Å². The van der Waals surface area contributed by atoms with Crippen molar-refractivity contribution in [1.29, 1.82) is 0 Å². The summed E-state index contributed by atoms with van der Waals surface area (Å²) in [5, 5.41) is 2.14. The van der Waals surface area contributed by atoms with E-state index in [1.165, 1.54) is 24.3 Å². The van der Waals surface area contributed by atoms with Gasteiger partial charge in [0.1, 0.15) is 0 Å². The highest BCUT2D eigenvalue weighted by atomic mass is 127. The van der Waals surface area contributed by atoms with E-state index in [0.29, 0.717) is 4.47 Å². The molecule has 0 saturated heterocycles. The molecule has 1 aromatic carbocycles. The molecule has 0 aliphatic carbocycles. The third kappa shape index (κ3) is 5.07. The minimum absolute atomic E-state index is 0.162. The molecule has 0 heterocycles. The van der Waals surface area contributed by atoms with E-state index in [1.807, 2.05) is 0 Å². The maximum atomic E-state index is 13.2. The first kappa shape index (κ1) is 21.2. The number of amides is 1. The topological polar surface area (TPSA) is 29.1 Å². The van der Waals surface area contributed by atoms with Gasteiger partial charge in [0.05, 0.1) is 0 Å². The number of halogens is 9. The van der Waals surface area contributed by atoms with Gasteiger partial charge in [0.15, 0.2) is 0 Å². The van der Waals surface area contributed by atoms with Crippen LogP contribution in [0.25, 0.3) is 0 Å². The molecule has 1 amide bonds. The molecule has 0 spiro atoms. The van der Waals surface area contributed by atoms with Gasteiger partial charge in [0.2, 0.25) is 0 Å². The summed E-state index contributed by atoms with van der Waals surface area (Å²) >= 11 is 4.29. The van der Waals surface area contributed by atoms with E-state index in [-0.39, 0.29) is 5.56 Å². The number of hydrogen-bond acceptors (Lipinski definition) is 1. The normalized spacial score (nSPS) is 13.8. The molecule has 0 bridgehead atoms. The standard InChI is InChI=1S/C13H8BrF7INO/c14-8-3-1-7(2-4-8)10(24)23-6-9(22)5-11(15,16)12(17,18)13(19,20)21/h1-5H,6H2,(H,23,24). The lowest BCUT2D eigenvalue weighted by Crippen LogP contribution is -2.51. The molecule has 0 saturated carbocycles. The van der Waals surface area contributed by atoms with E-state index in [2.05, 4.69) is 21.2 Å². The number of carbonyl (C=O) groups excluding carboxylic acids is 1. The van der Waals surface area contributed by atoms with E-state index < -0.39 is 40.1 Å². The predicted octanol–water partition coefficient (Wildman–Crippen LogP) is 5.33. The van der Waals surface area contributed by atoms with Crippen molar-refractivity contribution >= 4 is 44.4 Å².